The molecule has 1 amide bonds. The highest BCUT2D eigenvalue weighted by atomic mass is 127. The summed E-state index contributed by atoms with van der Waals surface area (Å²) in [5.74, 6) is 2.33. The van der Waals surface area contributed by atoms with Gasteiger partial charge >= 0.3 is 0 Å². The van der Waals surface area contributed by atoms with Gasteiger partial charge in [-0.3, -0.25) is 9.79 Å². The van der Waals surface area contributed by atoms with Crippen LogP contribution in [0.3, 0.4) is 0 Å². The molecule has 2 N–H and O–H groups in total. The molecule has 3 unspecified atom stereocenters. The lowest BCUT2D eigenvalue weighted by Gasteiger charge is -2.26. The van der Waals surface area contributed by atoms with Crippen LogP contribution in [0.4, 0.5) is 0 Å². The number of aliphatic imine (C=N–C) groups is 1. The van der Waals surface area contributed by atoms with Crippen molar-refractivity contribution in [3.63, 3.8) is 0 Å². The van der Waals surface area contributed by atoms with Gasteiger partial charge in [-0.1, -0.05) is 26.2 Å². The zero-order valence-electron chi connectivity index (χ0n) is 14.4. The van der Waals surface area contributed by atoms with Gasteiger partial charge < -0.3 is 15.5 Å². The van der Waals surface area contributed by atoms with Crippen molar-refractivity contribution >= 4 is 35.8 Å². The molecule has 0 aromatic carbocycles. The number of nitrogens with zero attached hydrogens (tertiary/aromatic N) is 2. The van der Waals surface area contributed by atoms with Gasteiger partial charge in [0, 0.05) is 38.1 Å². The number of hydrogen-bond acceptors (Lipinski definition) is 2. The Kier molecular flexibility index (Phi) is 6.98. The Morgan fingerprint density at radius 3 is 2.43 bits per heavy atom. The van der Waals surface area contributed by atoms with Gasteiger partial charge in [0.25, 0.3) is 0 Å². The van der Waals surface area contributed by atoms with Gasteiger partial charge in [-0.05, 0) is 31.6 Å². The molecule has 0 bridgehead atoms. The number of likely N-dealkylation sites (tertiary alicyclic amines) is 1. The van der Waals surface area contributed by atoms with Crippen LogP contribution in [0, 0.1) is 11.8 Å². The van der Waals surface area contributed by atoms with Crippen molar-refractivity contribution in [3.05, 3.63) is 0 Å². The van der Waals surface area contributed by atoms with E-state index in [1.54, 1.807) is 0 Å². The number of guanidine groups is 1. The van der Waals surface area contributed by atoms with Gasteiger partial charge in [-0.25, -0.2) is 0 Å². The van der Waals surface area contributed by atoms with Gasteiger partial charge in [0.1, 0.15) is 0 Å². The van der Waals surface area contributed by atoms with Crippen LogP contribution in [0.15, 0.2) is 4.99 Å². The predicted molar refractivity (Wildman–Crippen MR) is 104 cm³/mol. The number of rotatable bonds is 3. The minimum atomic E-state index is 0. The summed E-state index contributed by atoms with van der Waals surface area (Å²) in [6.07, 6.45) is 8.20. The third kappa shape index (κ3) is 4.97. The Bertz CT molecular complexity index is 436. The number of carbonyl (C=O) groups is 1. The van der Waals surface area contributed by atoms with Crippen LogP contribution in [-0.2, 0) is 4.79 Å². The van der Waals surface area contributed by atoms with Crippen LogP contribution in [0.25, 0.3) is 0 Å². The quantitative estimate of drug-likeness (QED) is 0.408. The zero-order chi connectivity index (χ0) is 15.5. The smallest absolute Gasteiger partial charge is 0.225 e. The summed E-state index contributed by atoms with van der Waals surface area (Å²) in [7, 11) is 1.82. The van der Waals surface area contributed by atoms with Gasteiger partial charge in [0.05, 0.1) is 0 Å². The second-order valence-corrected chi connectivity index (χ2v) is 7.29. The van der Waals surface area contributed by atoms with Crippen molar-refractivity contribution in [2.24, 2.45) is 16.8 Å². The van der Waals surface area contributed by atoms with Crippen molar-refractivity contribution in [1.29, 1.82) is 0 Å². The summed E-state index contributed by atoms with van der Waals surface area (Å²) >= 11 is 0. The lowest BCUT2D eigenvalue weighted by atomic mass is 9.88. The molecule has 3 fully saturated rings. The number of halogens is 1. The molecule has 1 heterocycles. The highest BCUT2D eigenvalue weighted by Gasteiger charge is 2.35. The lowest BCUT2D eigenvalue weighted by molar-refractivity contribution is -0.135. The van der Waals surface area contributed by atoms with Gasteiger partial charge in [0.15, 0.2) is 5.96 Å². The molecule has 2 aliphatic carbocycles. The molecule has 1 saturated heterocycles. The maximum atomic E-state index is 12.6. The van der Waals surface area contributed by atoms with Crippen LogP contribution in [0.5, 0.6) is 0 Å². The van der Waals surface area contributed by atoms with E-state index in [2.05, 4.69) is 27.4 Å². The maximum Gasteiger partial charge on any atom is 0.225 e. The fraction of sp³-hybridized carbons (Fsp3) is 0.882. The highest BCUT2D eigenvalue weighted by Crippen LogP contribution is 2.29. The van der Waals surface area contributed by atoms with Gasteiger partial charge in [-0.15, -0.1) is 24.0 Å². The summed E-state index contributed by atoms with van der Waals surface area (Å²) in [6.45, 7) is 3.98. The van der Waals surface area contributed by atoms with E-state index in [1.165, 1.54) is 25.7 Å². The van der Waals surface area contributed by atoms with Gasteiger partial charge in [0.2, 0.25) is 5.91 Å². The molecular formula is C17H31IN4O. The van der Waals surface area contributed by atoms with Gasteiger partial charge in [-0.2, -0.15) is 0 Å². The second-order valence-electron chi connectivity index (χ2n) is 7.29. The third-order valence-electron chi connectivity index (χ3n) is 5.45. The standard InChI is InChI=1S/C17H30N4O.HI/c1-12-10-15(12)20-17(18-2)19-14-8-9-21(11-14)16(22)13-6-4-3-5-7-13;/h12-15H,3-11H2,1-2H3,(H2,18,19,20);1H. The fourth-order valence-electron chi connectivity index (χ4n) is 3.75. The minimum Gasteiger partial charge on any atom is -0.353 e. The fourth-order valence-corrected chi connectivity index (χ4v) is 3.75. The zero-order valence-corrected chi connectivity index (χ0v) is 16.7. The van der Waals surface area contributed by atoms with Crippen molar-refractivity contribution in [2.45, 2.75) is 64.0 Å². The van der Waals surface area contributed by atoms with Crippen LogP contribution in [0.1, 0.15) is 51.9 Å². The molecule has 0 aromatic rings. The first-order valence-electron chi connectivity index (χ1n) is 8.96. The maximum absolute atomic E-state index is 12.6. The summed E-state index contributed by atoms with van der Waals surface area (Å²) in [6, 6.07) is 0.917. The highest BCUT2D eigenvalue weighted by molar-refractivity contribution is 14.0. The Morgan fingerprint density at radius 1 is 1.13 bits per heavy atom. The Balaban J connectivity index is 0.00000192. The Morgan fingerprint density at radius 2 is 1.83 bits per heavy atom. The topological polar surface area (TPSA) is 56.7 Å². The Labute approximate surface area is 157 Å². The van der Waals surface area contributed by atoms with E-state index < -0.39 is 0 Å². The van der Waals surface area contributed by atoms with E-state index in [1.807, 2.05) is 7.05 Å². The summed E-state index contributed by atoms with van der Waals surface area (Å²) in [4.78, 5) is 19.0. The molecule has 1 aliphatic heterocycles. The number of amides is 1. The monoisotopic (exact) mass is 434 g/mol. The van der Waals surface area contributed by atoms with E-state index in [0.717, 1.165) is 44.2 Å². The summed E-state index contributed by atoms with van der Waals surface area (Å²) in [5, 5.41) is 6.95. The summed E-state index contributed by atoms with van der Waals surface area (Å²) in [5.41, 5.74) is 0. The van der Waals surface area contributed by atoms with E-state index in [9.17, 15) is 4.79 Å². The molecule has 2 saturated carbocycles. The molecular weight excluding hydrogens is 403 g/mol. The molecule has 6 heteroatoms. The van der Waals surface area contributed by atoms with Crippen LogP contribution in [0.2, 0.25) is 0 Å². The van der Waals surface area contributed by atoms with Crippen LogP contribution >= 0.6 is 24.0 Å². The van der Waals surface area contributed by atoms with Crippen molar-refractivity contribution in [2.75, 3.05) is 20.1 Å². The average molecular weight is 434 g/mol. The largest absolute Gasteiger partial charge is 0.353 e. The second kappa shape index (κ2) is 8.53. The minimum absolute atomic E-state index is 0. The van der Waals surface area contributed by atoms with Crippen molar-refractivity contribution in [3.8, 4) is 0 Å². The normalized spacial score (nSPS) is 31.5. The van der Waals surface area contributed by atoms with Crippen LogP contribution < -0.4 is 10.6 Å². The summed E-state index contributed by atoms with van der Waals surface area (Å²) < 4.78 is 0. The SMILES string of the molecule is CN=C(NC1CCN(C(=O)C2CCCCC2)C1)NC1CC1C.I. The molecule has 3 aliphatic rings. The molecule has 132 valence electrons. The molecule has 3 rings (SSSR count). The number of carbonyl (C=O) groups excluding carboxylic acids is 1. The molecule has 0 radical (unpaired) electrons. The Hall–Kier alpha value is -0.530. The molecule has 3 atom stereocenters. The predicted octanol–water partition coefficient (Wildman–Crippen LogP) is 2.36. The first-order valence-corrected chi connectivity index (χ1v) is 8.96. The van der Waals surface area contributed by atoms with Crippen LogP contribution in [-0.4, -0.2) is 49.0 Å². The van der Waals surface area contributed by atoms with Crippen molar-refractivity contribution < 1.29 is 4.79 Å². The average Bonchev–Trinajstić information content (AvgIpc) is 3.04. The third-order valence-corrected chi connectivity index (χ3v) is 5.45. The molecule has 0 spiro atoms. The van der Waals surface area contributed by atoms with E-state index in [-0.39, 0.29) is 29.9 Å². The molecule has 5 nitrogen and oxygen atoms in total. The van der Waals surface area contributed by atoms with E-state index >= 15 is 0 Å². The number of nitrogens with one attached hydrogen (secondary N) is 2. The first-order chi connectivity index (χ1) is 10.7. The molecule has 0 aromatic heterocycles. The van der Waals surface area contributed by atoms with Crippen molar-refractivity contribution in [1.82, 2.24) is 15.5 Å². The lowest BCUT2D eigenvalue weighted by Crippen LogP contribution is -2.46. The first kappa shape index (κ1) is 18.8. The molecule has 23 heavy (non-hydrogen) atoms. The number of hydrogen-bond donors (Lipinski definition) is 2. The van der Waals surface area contributed by atoms with E-state index in [4.69, 9.17) is 0 Å². The van der Waals surface area contributed by atoms with E-state index in [0.29, 0.717) is 18.0 Å².